The summed E-state index contributed by atoms with van der Waals surface area (Å²) in [7, 11) is 1.61. The Morgan fingerprint density at radius 2 is 1.62 bits per heavy atom. The summed E-state index contributed by atoms with van der Waals surface area (Å²) < 4.78 is 5.42. The number of nitrogens with zero attached hydrogens (tertiary/aromatic N) is 2. The molecule has 0 aliphatic carbocycles. The molecule has 0 aliphatic heterocycles. The third-order valence-electron chi connectivity index (χ3n) is 3.30. The number of aryl methyl sites for hydroxylation is 1. The molecule has 1 aromatic rings. The summed E-state index contributed by atoms with van der Waals surface area (Å²) in [6.45, 7) is 7.15. The lowest BCUT2D eigenvalue weighted by molar-refractivity contribution is -0.140. The van der Waals surface area contributed by atoms with Gasteiger partial charge in [-0.2, -0.15) is 0 Å². The van der Waals surface area contributed by atoms with Gasteiger partial charge in [-0.1, -0.05) is 17.7 Å². The maximum atomic E-state index is 11.9. The minimum Gasteiger partial charge on any atom is -0.484 e. The number of likely N-dealkylation sites (N-methyl/N-ethyl adjacent to an activating group) is 2. The number of carbonyl (C=O) groups excluding carboxylic acids is 2. The van der Waals surface area contributed by atoms with Crippen LogP contribution in [0, 0.1) is 6.92 Å². The normalized spacial score (nSPS) is 10.1. The lowest BCUT2D eigenvalue weighted by atomic mass is 10.2. The molecule has 5 heteroatoms. The van der Waals surface area contributed by atoms with Gasteiger partial charge < -0.3 is 14.5 Å². The van der Waals surface area contributed by atoms with Crippen LogP contribution in [0.15, 0.2) is 24.3 Å². The van der Waals surface area contributed by atoms with E-state index in [1.54, 1.807) is 11.9 Å². The van der Waals surface area contributed by atoms with E-state index >= 15 is 0 Å². The summed E-state index contributed by atoms with van der Waals surface area (Å²) in [5.74, 6) is 0.389. The number of amides is 2. The maximum absolute atomic E-state index is 11.9. The Morgan fingerprint density at radius 3 is 2.14 bits per heavy atom. The van der Waals surface area contributed by atoms with Gasteiger partial charge in [0.1, 0.15) is 5.75 Å². The van der Waals surface area contributed by atoms with E-state index in [0.717, 1.165) is 5.56 Å². The molecule has 1 rings (SSSR count). The van der Waals surface area contributed by atoms with Crippen molar-refractivity contribution in [3.63, 3.8) is 0 Å². The Hall–Kier alpha value is -2.04. The second-order valence-corrected chi connectivity index (χ2v) is 4.92. The van der Waals surface area contributed by atoms with E-state index in [9.17, 15) is 9.59 Å². The van der Waals surface area contributed by atoms with Crippen molar-refractivity contribution in [1.29, 1.82) is 0 Å². The van der Waals surface area contributed by atoms with Crippen LogP contribution in [0.2, 0.25) is 0 Å². The first-order valence-corrected chi connectivity index (χ1v) is 7.19. The summed E-state index contributed by atoms with van der Waals surface area (Å²) in [5, 5.41) is 0. The van der Waals surface area contributed by atoms with E-state index < -0.39 is 0 Å². The summed E-state index contributed by atoms with van der Waals surface area (Å²) in [4.78, 5) is 27.0. The molecule has 1 aromatic carbocycles. The van der Waals surface area contributed by atoms with Crippen molar-refractivity contribution in [3.8, 4) is 5.75 Å². The molecule has 0 radical (unpaired) electrons. The average Bonchev–Trinajstić information content (AvgIpc) is 2.47. The highest BCUT2D eigenvalue weighted by molar-refractivity contribution is 5.85. The van der Waals surface area contributed by atoms with Crippen molar-refractivity contribution in [3.05, 3.63) is 29.8 Å². The Kier molecular flexibility index (Phi) is 6.72. The SMILES string of the molecule is CCN(CC)C(=O)CN(C)C(=O)COc1ccc(C)cc1. The lowest BCUT2D eigenvalue weighted by Crippen LogP contribution is -2.42. The number of carbonyl (C=O) groups is 2. The first-order valence-electron chi connectivity index (χ1n) is 7.19. The molecule has 116 valence electrons. The van der Waals surface area contributed by atoms with Gasteiger partial charge in [0.25, 0.3) is 5.91 Å². The van der Waals surface area contributed by atoms with Gasteiger partial charge in [0.2, 0.25) is 5.91 Å². The van der Waals surface area contributed by atoms with Crippen LogP contribution >= 0.6 is 0 Å². The molecule has 0 fully saturated rings. The number of benzene rings is 1. The highest BCUT2D eigenvalue weighted by Crippen LogP contribution is 2.11. The zero-order chi connectivity index (χ0) is 15.8. The highest BCUT2D eigenvalue weighted by Gasteiger charge is 2.16. The van der Waals surface area contributed by atoms with Gasteiger partial charge in [0.05, 0.1) is 6.54 Å². The van der Waals surface area contributed by atoms with Crippen molar-refractivity contribution in [2.24, 2.45) is 0 Å². The fourth-order valence-corrected chi connectivity index (χ4v) is 1.86. The van der Waals surface area contributed by atoms with E-state index in [4.69, 9.17) is 4.74 Å². The first kappa shape index (κ1) is 17.0. The summed E-state index contributed by atoms with van der Waals surface area (Å²) >= 11 is 0. The molecule has 0 heterocycles. The Labute approximate surface area is 126 Å². The fourth-order valence-electron chi connectivity index (χ4n) is 1.86. The van der Waals surface area contributed by atoms with Crippen LogP contribution in [0.5, 0.6) is 5.75 Å². The number of hydrogen-bond donors (Lipinski definition) is 0. The first-order chi connectivity index (χ1) is 9.97. The summed E-state index contributed by atoms with van der Waals surface area (Å²) in [6, 6.07) is 7.49. The van der Waals surface area contributed by atoms with Gasteiger partial charge in [0.15, 0.2) is 6.61 Å². The minimum absolute atomic E-state index is 0.0498. The Morgan fingerprint density at radius 1 is 1.05 bits per heavy atom. The third kappa shape index (κ3) is 5.45. The van der Waals surface area contributed by atoms with Crippen LogP contribution in [0.1, 0.15) is 19.4 Å². The second-order valence-electron chi connectivity index (χ2n) is 4.92. The van der Waals surface area contributed by atoms with Gasteiger partial charge in [-0.05, 0) is 32.9 Å². The molecule has 0 aromatic heterocycles. The van der Waals surface area contributed by atoms with Crippen LogP contribution in [0.25, 0.3) is 0 Å². The molecule has 0 unspecified atom stereocenters. The number of rotatable bonds is 7. The highest BCUT2D eigenvalue weighted by atomic mass is 16.5. The van der Waals surface area contributed by atoms with Gasteiger partial charge >= 0.3 is 0 Å². The number of ether oxygens (including phenoxy) is 1. The molecule has 0 N–H and O–H groups in total. The average molecular weight is 292 g/mol. The second kappa shape index (κ2) is 8.29. The van der Waals surface area contributed by atoms with Crippen LogP contribution < -0.4 is 4.74 Å². The smallest absolute Gasteiger partial charge is 0.260 e. The van der Waals surface area contributed by atoms with Crippen molar-refractivity contribution in [2.45, 2.75) is 20.8 Å². The molecule has 2 amide bonds. The lowest BCUT2D eigenvalue weighted by Gasteiger charge is -2.23. The van der Waals surface area contributed by atoms with Crippen LogP contribution in [0.3, 0.4) is 0 Å². The van der Waals surface area contributed by atoms with Crippen molar-refractivity contribution in [2.75, 3.05) is 33.3 Å². The molecular formula is C16H24N2O3. The van der Waals surface area contributed by atoms with Crippen molar-refractivity contribution >= 4 is 11.8 Å². The molecule has 0 bridgehead atoms. The quantitative estimate of drug-likeness (QED) is 0.768. The largest absolute Gasteiger partial charge is 0.484 e. The predicted octanol–water partition coefficient (Wildman–Crippen LogP) is 1.70. The molecule has 0 saturated heterocycles. The monoisotopic (exact) mass is 292 g/mol. The molecule has 5 nitrogen and oxygen atoms in total. The zero-order valence-corrected chi connectivity index (χ0v) is 13.3. The van der Waals surface area contributed by atoms with E-state index in [1.165, 1.54) is 4.90 Å². The molecular weight excluding hydrogens is 268 g/mol. The van der Waals surface area contributed by atoms with Gasteiger partial charge in [-0.3, -0.25) is 9.59 Å². The molecule has 0 saturated carbocycles. The molecule has 0 aliphatic rings. The van der Waals surface area contributed by atoms with E-state index in [2.05, 4.69) is 0 Å². The number of hydrogen-bond acceptors (Lipinski definition) is 3. The summed E-state index contributed by atoms with van der Waals surface area (Å²) in [6.07, 6.45) is 0. The Bertz CT molecular complexity index is 467. The van der Waals surface area contributed by atoms with E-state index in [1.807, 2.05) is 45.0 Å². The minimum atomic E-state index is -0.212. The van der Waals surface area contributed by atoms with Crippen molar-refractivity contribution in [1.82, 2.24) is 9.80 Å². The Balaban J connectivity index is 2.44. The van der Waals surface area contributed by atoms with Crippen LogP contribution in [-0.4, -0.2) is 54.9 Å². The van der Waals surface area contributed by atoms with Gasteiger partial charge in [0, 0.05) is 20.1 Å². The topological polar surface area (TPSA) is 49.9 Å². The third-order valence-corrected chi connectivity index (χ3v) is 3.30. The van der Waals surface area contributed by atoms with Crippen LogP contribution in [0.4, 0.5) is 0 Å². The zero-order valence-electron chi connectivity index (χ0n) is 13.3. The van der Waals surface area contributed by atoms with Crippen molar-refractivity contribution < 1.29 is 14.3 Å². The van der Waals surface area contributed by atoms with Gasteiger partial charge in [-0.25, -0.2) is 0 Å². The van der Waals surface area contributed by atoms with E-state index in [-0.39, 0.29) is 25.0 Å². The molecule has 21 heavy (non-hydrogen) atoms. The maximum Gasteiger partial charge on any atom is 0.260 e. The fraction of sp³-hybridized carbons (Fsp3) is 0.500. The summed E-state index contributed by atoms with van der Waals surface area (Å²) in [5.41, 5.74) is 1.13. The predicted molar refractivity (Wildman–Crippen MR) is 82.2 cm³/mol. The van der Waals surface area contributed by atoms with Crippen LogP contribution in [-0.2, 0) is 9.59 Å². The standard InChI is InChI=1S/C16H24N2O3/c1-5-18(6-2)15(19)11-17(4)16(20)12-21-14-9-7-13(3)8-10-14/h7-10H,5-6,11-12H2,1-4H3. The van der Waals surface area contributed by atoms with E-state index in [0.29, 0.717) is 18.8 Å². The van der Waals surface area contributed by atoms with Gasteiger partial charge in [-0.15, -0.1) is 0 Å². The molecule has 0 spiro atoms. The molecule has 0 atom stereocenters.